The average Bonchev–Trinajstić information content (AvgIpc) is 3.09. The fraction of sp³-hybridized carbons (Fsp3) is 0.429. The Morgan fingerprint density at radius 2 is 2.18 bits per heavy atom. The number of nitrogens with one attached hydrogen (secondary N) is 1. The molecule has 0 spiro atoms. The summed E-state index contributed by atoms with van der Waals surface area (Å²) in [6.45, 7) is 7.01. The van der Waals surface area contributed by atoms with Gasteiger partial charge in [0.25, 0.3) is 12.3 Å². The largest absolute Gasteiger partial charge is 0.369 e. The van der Waals surface area contributed by atoms with Crippen molar-refractivity contribution < 1.29 is 27.5 Å². The molecular formula is C21H21F3N6O3. The number of benzene rings is 1. The monoisotopic (exact) mass is 462 g/mol. The first-order chi connectivity index (χ1) is 15.8. The van der Waals surface area contributed by atoms with Gasteiger partial charge in [-0.05, 0) is 18.2 Å². The maximum Gasteiger partial charge on any atom is 0.322 e. The molecule has 0 radical (unpaired) electrons. The first-order valence-corrected chi connectivity index (χ1v) is 10.2. The van der Waals surface area contributed by atoms with Crippen LogP contribution >= 0.6 is 0 Å². The molecule has 0 fully saturated rings. The fourth-order valence-electron chi connectivity index (χ4n) is 3.98. The van der Waals surface area contributed by atoms with E-state index < -0.39 is 31.0 Å². The highest BCUT2D eigenvalue weighted by molar-refractivity contribution is 5.95. The molecule has 1 N–H and O–H groups in total. The van der Waals surface area contributed by atoms with Gasteiger partial charge in [-0.15, -0.1) is 0 Å². The second kappa shape index (κ2) is 9.11. The number of hydrogen-bond donors (Lipinski definition) is 1. The van der Waals surface area contributed by atoms with Gasteiger partial charge in [0, 0.05) is 37.8 Å². The van der Waals surface area contributed by atoms with E-state index in [2.05, 4.69) is 15.3 Å². The number of fused-ring (bicyclic) bond motifs is 3. The maximum absolute atomic E-state index is 13.5. The van der Waals surface area contributed by atoms with Gasteiger partial charge in [-0.2, -0.15) is 5.10 Å². The van der Waals surface area contributed by atoms with Gasteiger partial charge >= 0.3 is 6.03 Å². The Morgan fingerprint density at radius 3 is 2.91 bits per heavy atom. The highest BCUT2D eigenvalue weighted by Crippen LogP contribution is 2.27. The minimum atomic E-state index is -2.61. The van der Waals surface area contributed by atoms with E-state index in [0.717, 1.165) is 6.07 Å². The van der Waals surface area contributed by atoms with Gasteiger partial charge in [-0.1, -0.05) is 0 Å². The van der Waals surface area contributed by atoms with Gasteiger partial charge in [0.2, 0.25) is 5.69 Å². The van der Waals surface area contributed by atoms with Gasteiger partial charge in [-0.3, -0.25) is 9.48 Å². The van der Waals surface area contributed by atoms with Crippen molar-refractivity contribution in [1.29, 1.82) is 0 Å². The molecular weight excluding hydrogens is 441 g/mol. The molecule has 1 aromatic heterocycles. The topological polar surface area (TPSA) is 84.1 Å². The number of alkyl halides is 2. The maximum atomic E-state index is 13.5. The van der Waals surface area contributed by atoms with Crippen LogP contribution in [0.5, 0.6) is 0 Å². The van der Waals surface area contributed by atoms with Crippen molar-refractivity contribution in [2.75, 3.05) is 32.1 Å². The van der Waals surface area contributed by atoms with Crippen LogP contribution in [-0.4, -0.2) is 70.8 Å². The molecule has 2 aromatic rings. The number of ether oxygens (including phenoxy) is 1. The number of likely N-dealkylation sites (N-methyl/N-ethyl adjacent to an activating group) is 1. The SMILES string of the molecule is [C-]#[N+]c1cc(NC(=O)N2CCc3nn4c(c3C2)C(=O)N(C)C[C@H](OCC(F)F)C4)ccc1F. The summed E-state index contributed by atoms with van der Waals surface area (Å²) in [6, 6.07) is 3.26. The summed E-state index contributed by atoms with van der Waals surface area (Å²) >= 11 is 0. The van der Waals surface area contributed by atoms with Crippen LogP contribution in [0.15, 0.2) is 18.2 Å². The van der Waals surface area contributed by atoms with Crippen LogP contribution < -0.4 is 5.32 Å². The van der Waals surface area contributed by atoms with Gasteiger partial charge in [0.05, 0.1) is 31.5 Å². The number of urea groups is 1. The first kappa shape index (κ1) is 22.6. The van der Waals surface area contributed by atoms with Crippen molar-refractivity contribution in [2.24, 2.45) is 0 Å². The first-order valence-electron chi connectivity index (χ1n) is 10.2. The van der Waals surface area contributed by atoms with Gasteiger partial charge in [0.1, 0.15) is 18.1 Å². The molecule has 0 saturated carbocycles. The normalized spacial score (nSPS) is 17.9. The number of anilines is 1. The van der Waals surface area contributed by atoms with Gasteiger partial charge in [-0.25, -0.2) is 22.8 Å². The lowest BCUT2D eigenvalue weighted by Crippen LogP contribution is -2.40. The molecule has 9 nitrogen and oxygen atoms in total. The lowest BCUT2D eigenvalue weighted by molar-refractivity contribution is -0.0362. The van der Waals surface area contributed by atoms with Crippen molar-refractivity contribution in [2.45, 2.75) is 32.0 Å². The third kappa shape index (κ3) is 4.63. The van der Waals surface area contributed by atoms with E-state index in [1.165, 1.54) is 26.6 Å². The number of nitrogens with zero attached hydrogens (tertiary/aromatic N) is 5. The molecule has 0 saturated heterocycles. The molecule has 0 aliphatic carbocycles. The Morgan fingerprint density at radius 1 is 1.39 bits per heavy atom. The smallest absolute Gasteiger partial charge is 0.322 e. The second-order valence-electron chi connectivity index (χ2n) is 7.87. The molecule has 1 aromatic carbocycles. The van der Waals surface area contributed by atoms with Gasteiger partial charge in [0.15, 0.2) is 0 Å². The summed E-state index contributed by atoms with van der Waals surface area (Å²) in [6.07, 6.45) is -2.84. The number of halogens is 3. The van der Waals surface area contributed by atoms with E-state index in [4.69, 9.17) is 11.3 Å². The van der Waals surface area contributed by atoms with Crippen LogP contribution in [0.4, 0.5) is 29.3 Å². The van der Waals surface area contributed by atoms with Crippen molar-refractivity contribution in [3.8, 4) is 0 Å². The molecule has 0 unspecified atom stereocenters. The summed E-state index contributed by atoms with van der Waals surface area (Å²) in [5.41, 5.74) is 1.66. The Bertz CT molecular complexity index is 1130. The van der Waals surface area contributed by atoms with E-state index >= 15 is 0 Å². The molecule has 2 aliphatic heterocycles. The van der Waals surface area contributed by atoms with E-state index in [0.29, 0.717) is 29.9 Å². The molecule has 12 heteroatoms. The van der Waals surface area contributed by atoms with E-state index in [-0.39, 0.29) is 36.9 Å². The molecule has 1 atom stereocenters. The van der Waals surface area contributed by atoms with Crippen molar-refractivity contribution in [3.05, 3.63) is 52.4 Å². The summed E-state index contributed by atoms with van der Waals surface area (Å²) in [4.78, 5) is 31.8. The number of hydrogen-bond acceptors (Lipinski definition) is 4. The highest BCUT2D eigenvalue weighted by atomic mass is 19.3. The third-order valence-electron chi connectivity index (χ3n) is 5.57. The standard InChI is InChI=1S/C21H21F3N6O3/c1-25-17-7-12(3-4-15(17)22)26-21(32)29-6-5-16-14(10-29)19-20(31)28(2)8-13(9-30(19)27-16)33-11-18(23)24/h3-4,7,13,18H,5-6,8-11H2,2H3,(H,26,32)/t13-/m0/s1. The van der Waals surface area contributed by atoms with Crippen LogP contribution in [0.25, 0.3) is 4.85 Å². The number of carbonyl (C=O) groups excluding carboxylic acids is 2. The van der Waals surface area contributed by atoms with E-state index in [1.807, 2.05) is 0 Å². The number of carbonyl (C=O) groups is 2. The van der Waals surface area contributed by atoms with E-state index in [9.17, 15) is 22.8 Å². The summed E-state index contributed by atoms with van der Waals surface area (Å²) in [5.74, 6) is -0.999. The molecule has 33 heavy (non-hydrogen) atoms. The van der Waals surface area contributed by atoms with Crippen LogP contribution in [0.2, 0.25) is 0 Å². The van der Waals surface area contributed by atoms with E-state index in [1.54, 1.807) is 7.05 Å². The van der Waals surface area contributed by atoms with Crippen LogP contribution in [0, 0.1) is 12.4 Å². The summed E-state index contributed by atoms with van der Waals surface area (Å²) in [7, 11) is 1.56. The third-order valence-corrected chi connectivity index (χ3v) is 5.57. The second-order valence-corrected chi connectivity index (χ2v) is 7.87. The van der Waals surface area contributed by atoms with Crippen molar-refractivity contribution >= 4 is 23.3 Å². The Hall–Kier alpha value is -3.59. The molecule has 3 amide bonds. The molecule has 174 valence electrons. The predicted molar refractivity (Wildman–Crippen MR) is 111 cm³/mol. The number of aromatic nitrogens is 2. The lowest BCUT2D eigenvalue weighted by Gasteiger charge is -2.27. The van der Waals surface area contributed by atoms with Crippen LogP contribution in [-0.2, 0) is 24.2 Å². The molecule has 0 bridgehead atoms. The quantitative estimate of drug-likeness (QED) is 0.709. The Kier molecular flexibility index (Phi) is 6.24. The summed E-state index contributed by atoms with van der Waals surface area (Å²) < 4.78 is 45.4. The molecule has 4 rings (SSSR count). The zero-order chi connectivity index (χ0) is 23.7. The minimum absolute atomic E-state index is 0.121. The average molecular weight is 462 g/mol. The van der Waals surface area contributed by atoms with Crippen molar-refractivity contribution in [1.82, 2.24) is 19.6 Å². The number of rotatable bonds is 4. The fourth-order valence-corrected chi connectivity index (χ4v) is 3.98. The zero-order valence-electron chi connectivity index (χ0n) is 17.7. The minimum Gasteiger partial charge on any atom is -0.369 e. The lowest BCUT2D eigenvalue weighted by atomic mass is 10.0. The van der Waals surface area contributed by atoms with Crippen molar-refractivity contribution in [3.63, 3.8) is 0 Å². The van der Waals surface area contributed by atoms with Crippen LogP contribution in [0.1, 0.15) is 21.7 Å². The highest BCUT2D eigenvalue weighted by Gasteiger charge is 2.35. The molecule has 2 aliphatic rings. The van der Waals surface area contributed by atoms with Gasteiger partial charge < -0.3 is 19.9 Å². The molecule has 3 heterocycles. The zero-order valence-corrected chi connectivity index (χ0v) is 17.7. The Labute approximate surface area is 187 Å². The predicted octanol–water partition coefficient (Wildman–Crippen LogP) is 2.90. The Balaban J connectivity index is 1.53. The number of amides is 3. The summed E-state index contributed by atoms with van der Waals surface area (Å²) in [5, 5.41) is 7.14. The van der Waals surface area contributed by atoms with Crippen LogP contribution in [0.3, 0.4) is 0 Å².